The Kier molecular flexibility index (Phi) is 5.64. The molecule has 1 aromatic carbocycles. The van der Waals surface area contributed by atoms with Gasteiger partial charge in [-0.25, -0.2) is 4.79 Å². The third-order valence-electron chi connectivity index (χ3n) is 4.03. The zero-order valence-corrected chi connectivity index (χ0v) is 17.0. The SMILES string of the molecule is Cc1cc(NC2CCCN(C(=O)OC(C)C)c3ccc(Br)cc32)sn1. The molecule has 0 aliphatic carbocycles. The van der Waals surface area contributed by atoms with Crippen LogP contribution in [0.3, 0.4) is 0 Å². The van der Waals surface area contributed by atoms with E-state index in [9.17, 15) is 4.79 Å². The Bertz CT molecular complexity index is 763. The molecule has 0 radical (unpaired) electrons. The lowest BCUT2D eigenvalue weighted by Crippen LogP contribution is -2.34. The number of aryl methyl sites for hydroxylation is 1. The molecule has 2 aromatic rings. The Balaban J connectivity index is 1.93. The van der Waals surface area contributed by atoms with Crippen molar-refractivity contribution in [1.82, 2.24) is 4.37 Å². The summed E-state index contributed by atoms with van der Waals surface area (Å²) >= 11 is 5.02. The van der Waals surface area contributed by atoms with Gasteiger partial charge in [-0.3, -0.25) is 4.90 Å². The number of fused-ring (bicyclic) bond motifs is 1. The average molecular weight is 424 g/mol. The lowest BCUT2D eigenvalue weighted by molar-refractivity contribution is 0.122. The highest BCUT2D eigenvalue weighted by Gasteiger charge is 2.28. The van der Waals surface area contributed by atoms with Gasteiger partial charge >= 0.3 is 6.09 Å². The molecule has 0 fully saturated rings. The summed E-state index contributed by atoms with van der Waals surface area (Å²) in [7, 11) is 0. The number of carbonyl (C=O) groups is 1. The molecule has 25 heavy (non-hydrogen) atoms. The van der Waals surface area contributed by atoms with Crippen molar-refractivity contribution in [2.24, 2.45) is 0 Å². The monoisotopic (exact) mass is 423 g/mol. The first-order valence-corrected chi connectivity index (χ1v) is 9.98. The Hall–Kier alpha value is -1.60. The molecule has 0 bridgehead atoms. The lowest BCUT2D eigenvalue weighted by atomic mass is 10.0. The Morgan fingerprint density at radius 3 is 2.92 bits per heavy atom. The number of anilines is 2. The van der Waals surface area contributed by atoms with E-state index in [-0.39, 0.29) is 18.2 Å². The van der Waals surface area contributed by atoms with Gasteiger partial charge in [0.1, 0.15) is 5.00 Å². The molecule has 1 atom stereocenters. The molecule has 7 heteroatoms. The highest BCUT2D eigenvalue weighted by atomic mass is 79.9. The van der Waals surface area contributed by atoms with Gasteiger partial charge < -0.3 is 10.1 Å². The summed E-state index contributed by atoms with van der Waals surface area (Å²) in [4.78, 5) is 14.3. The van der Waals surface area contributed by atoms with Crippen LogP contribution in [0.2, 0.25) is 0 Å². The Labute approximate surface area is 160 Å². The second-order valence-corrected chi connectivity index (χ2v) is 8.18. The second kappa shape index (κ2) is 7.74. The highest BCUT2D eigenvalue weighted by molar-refractivity contribution is 9.10. The van der Waals surface area contributed by atoms with Gasteiger partial charge in [0.15, 0.2) is 0 Å². The van der Waals surface area contributed by atoms with E-state index in [0.717, 1.165) is 39.3 Å². The third kappa shape index (κ3) is 4.33. The number of aromatic nitrogens is 1. The average Bonchev–Trinajstić information content (AvgIpc) is 2.86. The smallest absolute Gasteiger partial charge is 0.414 e. The molecule has 5 nitrogen and oxygen atoms in total. The van der Waals surface area contributed by atoms with Gasteiger partial charge in [-0.1, -0.05) is 15.9 Å². The van der Waals surface area contributed by atoms with Gasteiger partial charge in [-0.05, 0) is 75.0 Å². The minimum absolute atomic E-state index is 0.129. The quantitative estimate of drug-likeness (QED) is 0.706. The van der Waals surface area contributed by atoms with Crippen molar-refractivity contribution in [2.45, 2.75) is 45.8 Å². The lowest BCUT2D eigenvalue weighted by Gasteiger charge is -2.25. The number of hydrogen-bond donors (Lipinski definition) is 1. The molecule has 1 unspecified atom stereocenters. The van der Waals surface area contributed by atoms with E-state index in [2.05, 4.69) is 37.8 Å². The van der Waals surface area contributed by atoms with Crippen LogP contribution in [0.4, 0.5) is 15.5 Å². The fourth-order valence-corrected chi connectivity index (χ4v) is 4.08. The van der Waals surface area contributed by atoms with Crippen LogP contribution >= 0.6 is 27.5 Å². The van der Waals surface area contributed by atoms with Gasteiger partial charge in [0.25, 0.3) is 0 Å². The third-order valence-corrected chi connectivity index (χ3v) is 5.34. The van der Waals surface area contributed by atoms with E-state index in [4.69, 9.17) is 4.74 Å². The molecule has 1 amide bonds. The van der Waals surface area contributed by atoms with Crippen LogP contribution in [0, 0.1) is 6.92 Å². The number of halogens is 1. The van der Waals surface area contributed by atoms with Crippen molar-refractivity contribution in [3.63, 3.8) is 0 Å². The molecular weight excluding hydrogens is 402 g/mol. The van der Waals surface area contributed by atoms with E-state index >= 15 is 0 Å². The maximum Gasteiger partial charge on any atom is 0.414 e. The summed E-state index contributed by atoms with van der Waals surface area (Å²) in [6.07, 6.45) is 1.41. The summed E-state index contributed by atoms with van der Waals surface area (Å²) in [5.74, 6) is 0. The number of ether oxygens (including phenoxy) is 1. The first-order valence-electron chi connectivity index (χ1n) is 8.41. The molecule has 0 spiro atoms. The predicted octanol–water partition coefficient (Wildman–Crippen LogP) is 5.51. The molecule has 0 saturated carbocycles. The fraction of sp³-hybridized carbons (Fsp3) is 0.444. The summed E-state index contributed by atoms with van der Waals surface area (Å²) in [6.45, 7) is 6.38. The van der Waals surface area contributed by atoms with E-state index in [1.165, 1.54) is 11.5 Å². The van der Waals surface area contributed by atoms with E-state index in [0.29, 0.717) is 6.54 Å². The van der Waals surface area contributed by atoms with Gasteiger partial charge in [-0.15, -0.1) is 0 Å². The largest absolute Gasteiger partial charge is 0.446 e. The molecule has 3 rings (SSSR count). The number of rotatable bonds is 3. The van der Waals surface area contributed by atoms with Crippen molar-refractivity contribution in [2.75, 3.05) is 16.8 Å². The van der Waals surface area contributed by atoms with Crippen molar-refractivity contribution in [3.05, 3.63) is 40.0 Å². The predicted molar refractivity (Wildman–Crippen MR) is 106 cm³/mol. The first-order chi connectivity index (χ1) is 11.9. The van der Waals surface area contributed by atoms with Crippen molar-refractivity contribution < 1.29 is 9.53 Å². The van der Waals surface area contributed by atoms with Gasteiger partial charge in [-0.2, -0.15) is 4.37 Å². The maximum atomic E-state index is 12.5. The summed E-state index contributed by atoms with van der Waals surface area (Å²) in [5.41, 5.74) is 3.02. The van der Waals surface area contributed by atoms with E-state index < -0.39 is 0 Å². The van der Waals surface area contributed by atoms with Crippen molar-refractivity contribution in [3.8, 4) is 0 Å². The van der Waals surface area contributed by atoms with Gasteiger partial charge in [0.05, 0.1) is 23.5 Å². The summed E-state index contributed by atoms with van der Waals surface area (Å²) < 4.78 is 10.8. The number of nitrogens with one attached hydrogen (secondary N) is 1. The Morgan fingerprint density at radius 1 is 1.44 bits per heavy atom. The van der Waals surface area contributed by atoms with Crippen LogP contribution in [-0.4, -0.2) is 23.1 Å². The minimum atomic E-state index is -0.284. The van der Waals surface area contributed by atoms with Crippen LogP contribution in [-0.2, 0) is 4.74 Å². The van der Waals surface area contributed by atoms with Crippen molar-refractivity contribution >= 4 is 44.2 Å². The topological polar surface area (TPSA) is 54.5 Å². The van der Waals surface area contributed by atoms with Crippen LogP contribution in [0.15, 0.2) is 28.7 Å². The maximum absolute atomic E-state index is 12.5. The summed E-state index contributed by atoms with van der Waals surface area (Å²) in [6, 6.07) is 8.22. The van der Waals surface area contributed by atoms with Crippen LogP contribution in [0.1, 0.15) is 44.0 Å². The van der Waals surface area contributed by atoms with Crippen LogP contribution in [0.25, 0.3) is 0 Å². The minimum Gasteiger partial charge on any atom is -0.446 e. The molecule has 1 N–H and O–H groups in total. The standard InChI is InChI=1S/C18H22BrN3O2S/c1-11(2)24-18(23)22-8-4-5-15(20-17-9-12(3)21-25-17)14-10-13(19)6-7-16(14)22/h6-7,9-11,15,20H,4-5,8H2,1-3H3. The Morgan fingerprint density at radius 2 is 2.24 bits per heavy atom. The molecule has 1 aliphatic rings. The number of amides is 1. The first kappa shape index (κ1) is 18.2. The number of nitrogens with zero attached hydrogens (tertiary/aromatic N) is 2. The van der Waals surface area contributed by atoms with Crippen LogP contribution < -0.4 is 10.2 Å². The van der Waals surface area contributed by atoms with E-state index in [1.54, 1.807) is 4.90 Å². The number of benzene rings is 1. The summed E-state index contributed by atoms with van der Waals surface area (Å²) in [5, 5.41) is 4.63. The molecule has 2 heterocycles. The zero-order chi connectivity index (χ0) is 18.0. The zero-order valence-electron chi connectivity index (χ0n) is 14.6. The highest BCUT2D eigenvalue weighted by Crippen LogP contribution is 2.38. The molecule has 134 valence electrons. The van der Waals surface area contributed by atoms with Crippen molar-refractivity contribution in [1.29, 1.82) is 0 Å². The molecule has 1 aliphatic heterocycles. The molecule has 1 aromatic heterocycles. The fourth-order valence-electron chi connectivity index (χ4n) is 2.99. The molecule has 0 saturated heterocycles. The van der Waals surface area contributed by atoms with Crippen LogP contribution in [0.5, 0.6) is 0 Å². The normalized spacial score (nSPS) is 17.2. The number of carbonyl (C=O) groups excluding carboxylic acids is 1. The molecular formula is C18H22BrN3O2S. The van der Waals surface area contributed by atoms with E-state index in [1.807, 2.05) is 32.9 Å². The number of hydrogen-bond acceptors (Lipinski definition) is 5. The van der Waals surface area contributed by atoms with Gasteiger partial charge in [0.2, 0.25) is 0 Å². The second-order valence-electron chi connectivity index (χ2n) is 6.46. The van der Waals surface area contributed by atoms with Gasteiger partial charge in [0, 0.05) is 11.0 Å².